The first kappa shape index (κ1) is 18.9. The molecule has 26 heavy (non-hydrogen) atoms. The zero-order chi connectivity index (χ0) is 18.7. The van der Waals surface area contributed by atoms with Crippen molar-refractivity contribution in [2.75, 3.05) is 26.1 Å². The Morgan fingerprint density at radius 2 is 2.04 bits per heavy atom. The number of amides is 2. The van der Waals surface area contributed by atoms with Crippen LogP contribution in [0.25, 0.3) is 0 Å². The molecule has 1 unspecified atom stereocenters. The SMILES string of the molecule is COc1ccc(OC)c(C2CCCN2C(=O)Nc2ccc(Br)cc2Cl)c1. The Bertz CT molecular complexity index is 815. The third-order valence-corrected chi connectivity index (χ3v) is 5.29. The van der Waals surface area contributed by atoms with Gasteiger partial charge < -0.3 is 19.7 Å². The summed E-state index contributed by atoms with van der Waals surface area (Å²) in [5.74, 6) is 1.49. The second kappa shape index (κ2) is 8.18. The number of halogens is 2. The van der Waals surface area contributed by atoms with Crippen LogP contribution in [0.15, 0.2) is 40.9 Å². The number of likely N-dealkylation sites (tertiary alicyclic amines) is 1. The number of anilines is 1. The lowest BCUT2D eigenvalue weighted by Gasteiger charge is -2.27. The Balaban J connectivity index is 1.85. The van der Waals surface area contributed by atoms with Crippen LogP contribution in [0.4, 0.5) is 10.5 Å². The number of urea groups is 1. The van der Waals surface area contributed by atoms with E-state index in [0.717, 1.165) is 34.4 Å². The molecule has 0 radical (unpaired) electrons. The molecule has 7 heteroatoms. The van der Waals surface area contributed by atoms with E-state index in [4.69, 9.17) is 21.1 Å². The first-order valence-electron chi connectivity index (χ1n) is 8.28. The van der Waals surface area contributed by atoms with Gasteiger partial charge in [0, 0.05) is 16.6 Å². The molecule has 1 aliphatic rings. The van der Waals surface area contributed by atoms with Gasteiger partial charge in [0.15, 0.2) is 0 Å². The number of ether oxygens (including phenoxy) is 2. The van der Waals surface area contributed by atoms with Crippen molar-refractivity contribution < 1.29 is 14.3 Å². The summed E-state index contributed by atoms with van der Waals surface area (Å²) in [4.78, 5) is 14.7. The van der Waals surface area contributed by atoms with Crippen LogP contribution in [0.1, 0.15) is 24.4 Å². The Morgan fingerprint density at radius 1 is 1.23 bits per heavy atom. The topological polar surface area (TPSA) is 50.8 Å². The van der Waals surface area contributed by atoms with Gasteiger partial charge >= 0.3 is 6.03 Å². The van der Waals surface area contributed by atoms with Crippen molar-refractivity contribution in [1.29, 1.82) is 0 Å². The van der Waals surface area contributed by atoms with Gasteiger partial charge in [-0.15, -0.1) is 0 Å². The lowest BCUT2D eigenvalue weighted by molar-refractivity contribution is 0.206. The predicted octanol–water partition coefficient (Wildman–Crippen LogP) is 5.49. The summed E-state index contributed by atoms with van der Waals surface area (Å²) in [6, 6.07) is 10.8. The third-order valence-electron chi connectivity index (χ3n) is 4.48. The van der Waals surface area contributed by atoms with Crippen LogP contribution in [0.2, 0.25) is 5.02 Å². The van der Waals surface area contributed by atoms with E-state index in [1.165, 1.54) is 0 Å². The summed E-state index contributed by atoms with van der Waals surface area (Å²) in [5.41, 5.74) is 1.53. The zero-order valence-electron chi connectivity index (χ0n) is 14.6. The molecular weight excluding hydrogens is 420 g/mol. The predicted molar refractivity (Wildman–Crippen MR) is 106 cm³/mol. The normalized spacial score (nSPS) is 16.5. The number of methoxy groups -OCH3 is 2. The van der Waals surface area contributed by atoms with Gasteiger partial charge in [0.25, 0.3) is 0 Å². The average Bonchev–Trinajstić information content (AvgIpc) is 3.13. The lowest BCUT2D eigenvalue weighted by Crippen LogP contribution is -2.34. The van der Waals surface area contributed by atoms with Crippen LogP contribution in [0, 0.1) is 0 Å². The number of rotatable bonds is 4. The Hall–Kier alpha value is -1.92. The molecule has 0 aliphatic carbocycles. The highest BCUT2D eigenvalue weighted by molar-refractivity contribution is 9.10. The van der Waals surface area contributed by atoms with Crippen molar-refractivity contribution in [1.82, 2.24) is 4.90 Å². The Kier molecular flexibility index (Phi) is 5.94. The molecule has 2 aromatic carbocycles. The monoisotopic (exact) mass is 438 g/mol. The van der Waals surface area contributed by atoms with E-state index in [2.05, 4.69) is 21.2 Å². The molecule has 3 rings (SSSR count). The fourth-order valence-corrected chi connectivity index (χ4v) is 3.93. The third kappa shape index (κ3) is 3.91. The molecule has 1 aliphatic heterocycles. The summed E-state index contributed by atoms with van der Waals surface area (Å²) >= 11 is 9.59. The van der Waals surface area contributed by atoms with Gasteiger partial charge in [-0.1, -0.05) is 27.5 Å². The van der Waals surface area contributed by atoms with Crippen LogP contribution in [0.5, 0.6) is 11.5 Å². The van der Waals surface area contributed by atoms with Crippen LogP contribution < -0.4 is 14.8 Å². The van der Waals surface area contributed by atoms with Gasteiger partial charge in [0.1, 0.15) is 11.5 Å². The van der Waals surface area contributed by atoms with E-state index >= 15 is 0 Å². The van der Waals surface area contributed by atoms with Crippen LogP contribution in [0.3, 0.4) is 0 Å². The lowest BCUT2D eigenvalue weighted by atomic mass is 10.0. The standard InChI is InChI=1S/C19H20BrClN2O3/c1-25-13-6-8-18(26-2)14(11-13)17-4-3-9-23(17)19(24)22-16-7-5-12(20)10-15(16)21/h5-8,10-11,17H,3-4,9H2,1-2H3,(H,22,24). The molecule has 138 valence electrons. The smallest absolute Gasteiger partial charge is 0.322 e. The molecule has 5 nitrogen and oxygen atoms in total. The molecule has 0 spiro atoms. The molecule has 2 amide bonds. The highest BCUT2D eigenvalue weighted by atomic mass is 79.9. The zero-order valence-corrected chi connectivity index (χ0v) is 16.9. The van der Waals surface area contributed by atoms with Crippen molar-refractivity contribution in [3.05, 3.63) is 51.5 Å². The van der Waals surface area contributed by atoms with Crippen molar-refractivity contribution in [2.24, 2.45) is 0 Å². The van der Waals surface area contributed by atoms with Gasteiger partial charge in [-0.05, 0) is 49.2 Å². The second-order valence-corrected chi connectivity index (χ2v) is 7.34. The summed E-state index contributed by atoms with van der Waals surface area (Å²) < 4.78 is 11.7. The highest BCUT2D eigenvalue weighted by Crippen LogP contribution is 2.39. The average molecular weight is 440 g/mol. The molecule has 0 aromatic heterocycles. The number of hydrogen-bond donors (Lipinski definition) is 1. The number of hydrogen-bond acceptors (Lipinski definition) is 3. The maximum Gasteiger partial charge on any atom is 0.322 e. The van der Waals surface area contributed by atoms with E-state index in [-0.39, 0.29) is 12.1 Å². The summed E-state index contributed by atoms with van der Waals surface area (Å²) in [6.45, 7) is 0.672. The highest BCUT2D eigenvalue weighted by Gasteiger charge is 2.32. The largest absolute Gasteiger partial charge is 0.497 e. The molecule has 1 N–H and O–H groups in total. The summed E-state index contributed by atoms with van der Waals surface area (Å²) in [5, 5.41) is 3.40. The van der Waals surface area contributed by atoms with Gasteiger partial charge in [-0.2, -0.15) is 0 Å². The number of carbonyl (C=O) groups is 1. The van der Waals surface area contributed by atoms with Gasteiger partial charge in [0.05, 0.1) is 31.0 Å². The maximum absolute atomic E-state index is 12.9. The number of carbonyl (C=O) groups excluding carboxylic acids is 1. The molecular formula is C19H20BrClN2O3. The minimum absolute atomic E-state index is 0.0747. The van der Waals surface area contributed by atoms with Crippen molar-refractivity contribution in [3.8, 4) is 11.5 Å². The van der Waals surface area contributed by atoms with Gasteiger partial charge in [-0.3, -0.25) is 0 Å². The van der Waals surface area contributed by atoms with Crippen LogP contribution in [-0.4, -0.2) is 31.7 Å². The summed E-state index contributed by atoms with van der Waals surface area (Å²) in [7, 11) is 3.26. The van der Waals surface area contributed by atoms with Crippen molar-refractivity contribution >= 4 is 39.2 Å². The minimum Gasteiger partial charge on any atom is -0.497 e. The van der Waals surface area contributed by atoms with E-state index in [9.17, 15) is 4.79 Å². The van der Waals surface area contributed by atoms with Gasteiger partial charge in [0.2, 0.25) is 0 Å². The number of benzene rings is 2. The molecule has 1 saturated heterocycles. The molecule has 1 atom stereocenters. The van der Waals surface area contributed by atoms with E-state index in [1.54, 1.807) is 26.4 Å². The van der Waals surface area contributed by atoms with Crippen molar-refractivity contribution in [3.63, 3.8) is 0 Å². The van der Waals surface area contributed by atoms with Crippen LogP contribution >= 0.6 is 27.5 Å². The number of nitrogens with one attached hydrogen (secondary N) is 1. The molecule has 1 fully saturated rings. The Labute approximate surface area is 166 Å². The quantitative estimate of drug-likeness (QED) is 0.685. The first-order valence-corrected chi connectivity index (χ1v) is 9.45. The van der Waals surface area contributed by atoms with E-state index < -0.39 is 0 Å². The number of nitrogens with zero attached hydrogens (tertiary/aromatic N) is 1. The Morgan fingerprint density at radius 3 is 2.73 bits per heavy atom. The summed E-state index contributed by atoms with van der Waals surface area (Å²) in [6.07, 6.45) is 1.79. The van der Waals surface area contributed by atoms with Crippen LogP contribution in [-0.2, 0) is 0 Å². The van der Waals surface area contributed by atoms with Crippen molar-refractivity contribution in [2.45, 2.75) is 18.9 Å². The molecule has 1 heterocycles. The van der Waals surface area contributed by atoms with E-state index in [0.29, 0.717) is 17.3 Å². The maximum atomic E-state index is 12.9. The second-order valence-electron chi connectivity index (χ2n) is 6.01. The molecule has 0 saturated carbocycles. The fourth-order valence-electron chi connectivity index (χ4n) is 3.21. The molecule has 0 bridgehead atoms. The first-order chi connectivity index (χ1) is 12.5. The fraction of sp³-hybridized carbons (Fsp3) is 0.316. The van der Waals surface area contributed by atoms with E-state index in [1.807, 2.05) is 29.2 Å². The minimum atomic E-state index is -0.179. The molecule has 2 aromatic rings. The van der Waals surface area contributed by atoms with Gasteiger partial charge in [-0.25, -0.2) is 4.79 Å².